The predicted molar refractivity (Wildman–Crippen MR) is 102 cm³/mol. The van der Waals surface area contributed by atoms with E-state index in [4.69, 9.17) is 4.74 Å². The SMILES string of the molecule is COc1ccc(C(=O)NCC(C)N2CCc3ccccc3C2)cc1[N+](=O)[O-]. The van der Waals surface area contributed by atoms with E-state index in [-0.39, 0.29) is 28.9 Å². The molecule has 1 aliphatic heterocycles. The third-order valence-electron chi connectivity index (χ3n) is 4.98. The van der Waals surface area contributed by atoms with Gasteiger partial charge in [-0.25, -0.2) is 0 Å². The highest BCUT2D eigenvalue weighted by Crippen LogP contribution is 2.27. The van der Waals surface area contributed by atoms with Crippen molar-refractivity contribution in [3.63, 3.8) is 0 Å². The molecule has 0 radical (unpaired) electrons. The normalized spacial score (nSPS) is 14.9. The highest BCUT2D eigenvalue weighted by molar-refractivity contribution is 5.95. The van der Waals surface area contributed by atoms with Gasteiger partial charge in [-0.3, -0.25) is 19.8 Å². The standard InChI is InChI=1S/C20H23N3O4/c1-14(22-10-9-15-5-3-4-6-17(15)13-22)12-21-20(24)16-7-8-19(27-2)18(11-16)23(25)26/h3-8,11,14H,9-10,12-13H2,1-2H3,(H,21,24). The van der Waals surface area contributed by atoms with Crippen LogP contribution >= 0.6 is 0 Å². The van der Waals surface area contributed by atoms with Crippen molar-refractivity contribution in [3.8, 4) is 5.75 Å². The minimum atomic E-state index is -0.552. The Bertz CT molecular complexity index is 853. The molecule has 7 nitrogen and oxygen atoms in total. The molecule has 1 amide bonds. The van der Waals surface area contributed by atoms with E-state index in [1.54, 1.807) is 0 Å². The number of carbonyl (C=O) groups excluding carboxylic acids is 1. The summed E-state index contributed by atoms with van der Waals surface area (Å²) < 4.78 is 4.97. The van der Waals surface area contributed by atoms with E-state index in [1.165, 1.54) is 36.4 Å². The van der Waals surface area contributed by atoms with Gasteiger partial charge >= 0.3 is 5.69 Å². The van der Waals surface area contributed by atoms with Crippen LogP contribution in [-0.4, -0.2) is 42.0 Å². The largest absolute Gasteiger partial charge is 0.490 e. The van der Waals surface area contributed by atoms with E-state index < -0.39 is 4.92 Å². The summed E-state index contributed by atoms with van der Waals surface area (Å²) in [6.45, 7) is 4.36. The molecule has 27 heavy (non-hydrogen) atoms. The Kier molecular flexibility index (Phi) is 5.71. The summed E-state index contributed by atoms with van der Waals surface area (Å²) in [7, 11) is 1.36. The molecule has 2 aromatic carbocycles. The van der Waals surface area contributed by atoms with Crippen molar-refractivity contribution in [1.82, 2.24) is 10.2 Å². The number of methoxy groups -OCH3 is 1. The van der Waals surface area contributed by atoms with Crippen LogP contribution in [0.4, 0.5) is 5.69 Å². The zero-order chi connectivity index (χ0) is 19.4. The number of nitrogens with zero attached hydrogens (tertiary/aromatic N) is 2. The summed E-state index contributed by atoms with van der Waals surface area (Å²) in [6.07, 6.45) is 0.999. The lowest BCUT2D eigenvalue weighted by Crippen LogP contribution is -2.44. The molecule has 0 saturated heterocycles. The lowest BCUT2D eigenvalue weighted by Gasteiger charge is -2.33. The van der Waals surface area contributed by atoms with Crippen LogP contribution in [0.3, 0.4) is 0 Å². The van der Waals surface area contributed by atoms with Crippen LogP contribution in [0.25, 0.3) is 0 Å². The van der Waals surface area contributed by atoms with Crippen LogP contribution in [0.5, 0.6) is 5.75 Å². The van der Waals surface area contributed by atoms with E-state index in [0.717, 1.165) is 19.5 Å². The topological polar surface area (TPSA) is 84.7 Å². The van der Waals surface area contributed by atoms with E-state index in [1.807, 2.05) is 6.07 Å². The molecule has 1 unspecified atom stereocenters. The molecule has 1 heterocycles. The van der Waals surface area contributed by atoms with Crippen molar-refractivity contribution in [2.24, 2.45) is 0 Å². The molecule has 1 aliphatic rings. The number of hydrogen-bond acceptors (Lipinski definition) is 5. The van der Waals surface area contributed by atoms with Gasteiger partial charge < -0.3 is 10.1 Å². The van der Waals surface area contributed by atoms with Gasteiger partial charge in [0.15, 0.2) is 5.75 Å². The number of nitrogens with one attached hydrogen (secondary N) is 1. The fourth-order valence-corrected chi connectivity index (χ4v) is 3.34. The fraction of sp³-hybridized carbons (Fsp3) is 0.350. The number of amides is 1. The molecular formula is C20H23N3O4. The summed E-state index contributed by atoms with van der Waals surface area (Å²) in [5, 5.41) is 14.0. The Morgan fingerprint density at radius 2 is 2.04 bits per heavy atom. The fourth-order valence-electron chi connectivity index (χ4n) is 3.34. The van der Waals surface area contributed by atoms with Gasteiger partial charge in [-0.2, -0.15) is 0 Å². The van der Waals surface area contributed by atoms with E-state index >= 15 is 0 Å². The van der Waals surface area contributed by atoms with Gasteiger partial charge in [-0.05, 0) is 36.6 Å². The van der Waals surface area contributed by atoms with Gasteiger partial charge in [-0.15, -0.1) is 0 Å². The van der Waals surface area contributed by atoms with Crippen LogP contribution in [-0.2, 0) is 13.0 Å². The molecule has 142 valence electrons. The summed E-state index contributed by atoms with van der Waals surface area (Å²) in [4.78, 5) is 25.3. The van der Waals surface area contributed by atoms with Gasteiger partial charge in [0.1, 0.15) is 0 Å². The van der Waals surface area contributed by atoms with Crippen LogP contribution in [0.15, 0.2) is 42.5 Å². The number of carbonyl (C=O) groups is 1. The third-order valence-corrected chi connectivity index (χ3v) is 4.98. The minimum absolute atomic E-state index is 0.136. The molecule has 0 aromatic heterocycles. The molecule has 1 atom stereocenters. The van der Waals surface area contributed by atoms with E-state index in [9.17, 15) is 14.9 Å². The Hall–Kier alpha value is -2.93. The minimum Gasteiger partial charge on any atom is -0.490 e. The van der Waals surface area contributed by atoms with Gasteiger partial charge in [0.2, 0.25) is 0 Å². The first-order valence-electron chi connectivity index (χ1n) is 8.91. The maximum absolute atomic E-state index is 12.4. The summed E-state index contributed by atoms with van der Waals surface area (Å²) in [5.41, 5.74) is 2.74. The number of benzene rings is 2. The smallest absolute Gasteiger partial charge is 0.311 e. The summed E-state index contributed by atoms with van der Waals surface area (Å²) in [6, 6.07) is 12.8. The van der Waals surface area contributed by atoms with Crippen molar-refractivity contribution < 1.29 is 14.5 Å². The lowest BCUT2D eigenvalue weighted by molar-refractivity contribution is -0.385. The molecule has 3 rings (SSSR count). The maximum Gasteiger partial charge on any atom is 0.311 e. The Balaban J connectivity index is 1.61. The number of rotatable bonds is 6. The molecule has 0 spiro atoms. The molecule has 7 heteroatoms. The predicted octanol–water partition coefficient (Wildman–Crippen LogP) is 2.78. The second-order valence-electron chi connectivity index (χ2n) is 6.69. The van der Waals surface area contributed by atoms with Gasteiger partial charge in [-0.1, -0.05) is 24.3 Å². The Morgan fingerprint density at radius 1 is 1.30 bits per heavy atom. The van der Waals surface area contributed by atoms with Gasteiger partial charge in [0.25, 0.3) is 5.91 Å². The Morgan fingerprint density at radius 3 is 2.74 bits per heavy atom. The summed E-state index contributed by atoms with van der Waals surface area (Å²) in [5.74, 6) is -0.193. The first-order chi connectivity index (χ1) is 13.0. The number of ether oxygens (including phenoxy) is 1. The van der Waals surface area contributed by atoms with Gasteiger partial charge in [0, 0.05) is 37.3 Å². The van der Waals surface area contributed by atoms with Crippen LogP contribution in [0.2, 0.25) is 0 Å². The van der Waals surface area contributed by atoms with Crippen LogP contribution in [0, 0.1) is 10.1 Å². The number of fused-ring (bicyclic) bond motifs is 1. The van der Waals surface area contributed by atoms with Crippen molar-refractivity contribution >= 4 is 11.6 Å². The molecule has 0 aliphatic carbocycles. The average Bonchev–Trinajstić information content (AvgIpc) is 2.70. The maximum atomic E-state index is 12.4. The summed E-state index contributed by atoms with van der Waals surface area (Å²) >= 11 is 0. The van der Waals surface area contributed by atoms with E-state index in [2.05, 4.69) is 35.3 Å². The molecule has 1 N–H and O–H groups in total. The highest BCUT2D eigenvalue weighted by atomic mass is 16.6. The van der Waals surface area contributed by atoms with Crippen molar-refractivity contribution in [2.75, 3.05) is 20.2 Å². The van der Waals surface area contributed by atoms with Gasteiger partial charge in [0.05, 0.1) is 12.0 Å². The van der Waals surface area contributed by atoms with Crippen molar-refractivity contribution in [1.29, 1.82) is 0 Å². The second-order valence-corrected chi connectivity index (χ2v) is 6.69. The first-order valence-corrected chi connectivity index (χ1v) is 8.91. The molecule has 0 fully saturated rings. The number of nitro benzene ring substituents is 1. The lowest BCUT2D eigenvalue weighted by atomic mass is 9.99. The Labute approximate surface area is 158 Å². The molecule has 0 saturated carbocycles. The van der Waals surface area contributed by atoms with Crippen molar-refractivity contribution in [3.05, 3.63) is 69.3 Å². The first kappa shape index (κ1) is 18.8. The molecular weight excluding hydrogens is 346 g/mol. The van der Waals surface area contributed by atoms with Crippen LogP contribution in [0.1, 0.15) is 28.4 Å². The third kappa shape index (κ3) is 4.25. The number of hydrogen-bond donors (Lipinski definition) is 1. The second kappa shape index (κ2) is 8.18. The van der Waals surface area contributed by atoms with Crippen molar-refractivity contribution in [2.45, 2.75) is 25.9 Å². The average molecular weight is 369 g/mol. The van der Waals surface area contributed by atoms with Crippen LogP contribution < -0.4 is 10.1 Å². The number of nitro groups is 1. The molecule has 2 aromatic rings. The zero-order valence-electron chi connectivity index (χ0n) is 15.5. The highest BCUT2D eigenvalue weighted by Gasteiger charge is 2.22. The molecule has 0 bridgehead atoms. The monoisotopic (exact) mass is 369 g/mol. The quantitative estimate of drug-likeness (QED) is 0.625. The zero-order valence-corrected chi connectivity index (χ0v) is 15.5. The van der Waals surface area contributed by atoms with E-state index in [0.29, 0.717) is 6.54 Å².